The molecule has 0 unspecified atom stereocenters. The van der Waals surface area contributed by atoms with Gasteiger partial charge in [-0.25, -0.2) is 26.3 Å². The largest absolute Gasteiger partial charge is 0.355 e. The van der Waals surface area contributed by atoms with Gasteiger partial charge in [0.15, 0.2) is 0 Å². The number of carbonyl (C=O) groups excluding carboxylic acids is 2. The minimum atomic E-state index is -3.70. The average Bonchev–Trinajstić information content (AvgIpc) is 2.96. The van der Waals surface area contributed by atoms with Gasteiger partial charge in [0.25, 0.3) is 0 Å². The van der Waals surface area contributed by atoms with Crippen LogP contribution in [0, 0.1) is 0 Å². The fourth-order valence-electron chi connectivity index (χ4n) is 3.44. The summed E-state index contributed by atoms with van der Waals surface area (Å²) in [5.74, 6) is -0.754. The van der Waals surface area contributed by atoms with Crippen molar-refractivity contribution in [2.75, 3.05) is 52.4 Å². The third-order valence-corrected chi connectivity index (χ3v) is 8.45. The third kappa shape index (κ3) is 14.0. The smallest absolute Gasteiger partial charge is 0.241 e. The van der Waals surface area contributed by atoms with Gasteiger partial charge in [-0.1, -0.05) is 36.4 Å². The lowest BCUT2D eigenvalue weighted by Gasteiger charge is -2.09. The molecule has 0 saturated carbocycles. The molecule has 0 atom stereocenters. The molecule has 0 aliphatic rings. The summed E-state index contributed by atoms with van der Waals surface area (Å²) in [6, 6.07) is 15.8. The summed E-state index contributed by atoms with van der Waals surface area (Å²) in [6.45, 7) is 3.48. The lowest BCUT2D eigenvalue weighted by atomic mass is 10.3. The van der Waals surface area contributed by atoms with E-state index in [1.807, 2.05) is 0 Å². The summed E-state index contributed by atoms with van der Waals surface area (Å²) >= 11 is 0. The molecule has 14 heteroatoms. The van der Waals surface area contributed by atoms with Crippen LogP contribution in [0.3, 0.4) is 0 Å². The standard InChI is InChI=1S/C26H40N6O6S2/c33-25(21-31-39(35,36)23-11-3-1-4-12-23)29-19-9-17-27-15-7-8-16-28-18-10-20-30-26(34)22-32-40(37,38)24-13-5-2-6-14-24/h1-6,11-14,27-28,31-32H,7-10,15-22H2,(H,29,33)(H,30,34). The Morgan fingerprint density at radius 1 is 0.500 bits per heavy atom. The second kappa shape index (κ2) is 18.5. The van der Waals surface area contributed by atoms with Crippen LogP contribution in [0.15, 0.2) is 70.5 Å². The molecule has 0 radical (unpaired) electrons. The van der Waals surface area contributed by atoms with Gasteiger partial charge in [0.2, 0.25) is 31.9 Å². The normalized spacial score (nSPS) is 11.7. The third-order valence-electron chi connectivity index (χ3n) is 5.61. The monoisotopic (exact) mass is 596 g/mol. The second-order valence-corrected chi connectivity index (χ2v) is 12.4. The van der Waals surface area contributed by atoms with Crippen LogP contribution in [0.1, 0.15) is 25.7 Å². The number of amides is 2. The van der Waals surface area contributed by atoms with E-state index in [1.165, 1.54) is 24.3 Å². The van der Waals surface area contributed by atoms with E-state index in [1.54, 1.807) is 36.4 Å². The van der Waals surface area contributed by atoms with E-state index in [4.69, 9.17) is 0 Å². The molecule has 0 fully saturated rings. The van der Waals surface area contributed by atoms with Crippen molar-refractivity contribution >= 4 is 31.9 Å². The van der Waals surface area contributed by atoms with Crippen molar-refractivity contribution in [2.24, 2.45) is 0 Å². The molecular formula is C26H40N6O6S2. The molecular weight excluding hydrogens is 556 g/mol. The van der Waals surface area contributed by atoms with Gasteiger partial charge in [-0.2, -0.15) is 0 Å². The van der Waals surface area contributed by atoms with Gasteiger partial charge in [-0.15, -0.1) is 0 Å². The summed E-state index contributed by atoms with van der Waals surface area (Å²) in [5.41, 5.74) is 0. The lowest BCUT2D eigenvalue weighted by molar-refractivity contribution is -0.120. The van der Waals surface area contributed by atoms with E-state index in [2.05, 4.69) is 30.7 Å². The van der Waals surface area contributed by atoms with Gasteiger partial charge >= 0.3 is 0 Å². The highest BCUT2D eigenvalue weighted by Crippen LogP contribution is 2.07. The first-order chi connectivity index (χ1) is 19.2. The number of hydrogen-bond donors (Lipinski definition) is 6. The molecule has 0 aliphatic heterocycles. The zero-order valence-electron chi connectivity index (χ0n) is 22.5. The predicted octanol–water partition coefficient (Wildman–Crippen LogP) is -0.0846. The Kier molecular flexibility index (Phi) is 15.4. The molecule has 6 N–H and O–H groups in total. The van der Waals surface area contributed by atoms with Crippen LogP contribution < -0.4 is 30.7 Å². The van der Waals surface area contributed by atoms with Crippen molar-refractivity contribution in [3.8, 4) is 0 Å². The van der Waals surface area contributed by atoms with E-state index in [0.717, 1.165) is 51.9 Å². The number of nitrogens with one attached hydrogen (secondary N) is 6. The van der Waals surface area contributed by atoms with Crippen LogP contribution in [-0.4, -0.2) is 81.0 Å². The Balaban J connectivity index is 1.36. The van der Waals surface area contributed by atoms with Gasteiger partial charge in [0.1, 0.15) is 0 Å². The first kappa shape index (κ1) is 33.3. The van der Waals surface area contributed by atoms with Crippen LogP contribution in [0.25, 0.3) is 0 Å². The molecule has 0 aromatic heterocycles. The van der Waals surface area contributed by atoms with Crippen LogP contribution in [0.4, 0.5) is 0 Å². The van der Waals surface area contributed by atoms with Crippen LogP contribution >= 0.6 is 0 Å². The van der Waals surface area contributed by atoms with Crippen molar-refractivity contribution in [3.05, 3.63) is 60.7 Å². The Morgan fingerprint density at radius 3 is 1.23 bits per heavy atom. The fourth-order valence-corrected chi connectivity index (χ4v) is 5.45. The Labute approximate surface area is 237 Å². The molecule has 0 heterocycles. The summed E-state index contributed by atoms with van der Waals surface area (Å²) in [6.07, 6.45) is 3.43. The molecule has 0 spiro atoms. The van der Waals surface area contributed by atoms with Crippen LogP contribution in [0.5, 0.6) is 0 Å². The number of sulfonamides is 2. The number of rotatable bonds is 21. The van der Waals surface area contributed by atoms with Crippen LogP contribution in [0.2, 0.25) is 0 Å². The lowest BCUT2D eigenvalue weighted by Crippen LogP contribution is -2.37. The molecule has 222 valence electrons. The van der Waals surface area contributed by atoms with Crippen molar-refractivity contribution in [2.45, 2.75) is 35.5 Å². The highest BCUT2D eigenvalue weighted by Gasteiger charge is 2.15. The van der Waals surface area contributed by atoms with Crippen molar-refractivity contribution in [3.63, 3.8) is 0 Å². The van der Waals surface area contributed by atoms with Crippen molar-refractivity contribution < 1.29 is 26.4 Å². The Morgan fingerprint density at radius 2 is 0.850 bits per heavy atom. The van der Waals surface area contributed by atoms with Crippen molar-refractivity contribution in [1.82, 2.24) is 30.7 Å². The highest BCUT2D eigenvalue weighted by atomic mass is 32.2. The summed E-state index contributed by atoms with van der Waals surface area (Å²) in [5, 5.41) is 12.0. The summed E-state index contributed by atoms with van der Waals surface area (Å²) in [4.78, 5) is 24.0. The van der Waals surface area contributed by atoms with Gasteiger partial charge in [-0.05, 0) is 76.1 Å². The van der Waals surface area contributed by atoms with E-state index in [-0.39, 0.29) is 34.7 Å². The molecule has 2 rings (SSSR count). The molecule has 0 bridgehead atoms. The summed E-state index contributed by atoms with van der Waals surface area (Å²) < 4.78 is 53.0. The molecule has 0 saturated heterocycles. The zero-order valence-corrected chi connectivity index (χ0v) is 24.2. The maximum absolute atomic E-state index is 12.1. The molecule has 2 amide bonds. The molecule has 2 aromatic rings. The number of hydrogen-bond acceptors (Lipinski definition) is 8. The zero-order chi connectivity index (χ0) is 29.1. The van der Waals surface area contributed by atoms with E-state index in [0.29, 0.717) is 13.1 Å². The van der Waals surface area contributed by atoms with Gasteiger partial charge in [0, 0.05) is 13.1 Å². The van der Waals surface area contributed by atoms with E-state index in [9.17, 15) is 26.4 Å². The minimum Gasteiger partial charge on any atom is -0.355 e. The molecule has 0 aliphatic carbocycles. The quantitative estimate of drug-likeness (QED) is 0.109. The maximum atomic E-state index is 12.1. The molecule has 12 nitrogen and oxygen atoms in total. The van der Waals surface area contributed by atoms with Gasteiger partial charge < -0.3 is 21.3 Å². The minimum absolute atomic E-state index is 0.121. The number of unbranched alkanes of at least 4 members (excludes halogenated alkanes) is 1. The Hall–Kier alpha value is -2.88. The maximum Gasteiger partial charge on any atom is 0.241 e. The first-order valence-corrected chi connectivity index (χ1v) is 16.2. The average molecular weight is 597 g/mol. The predicted molar refractivity (Wildman–Crippen MR) is 153 cm³/mol. The number of carbonyl (C=O) groups is 2. The second-order valence-electron chi connectivity index (χ2n) is 8.89. The first-order valence-electron chi connectivity index (χ1n) is 13.2. The molecule has 2 aromatic carbocycles. The van der Waals surface area contributed by atoms with E-state index < -0.39 is 20.0 Å². The summed E-state index contributed by atoms with van der Waals surface area (Å²) in [7, 11) is -7.39. The molecule has 40 heavy (non-hydrogen) atoms. The Bertz CT molecular complexity index is 1130. The highest BCUT2D eigenvalue weighted by molar-refractivity contribution is 7.89. The van der Waals surface area contributed by atoms with Gasteiger partial charge in [-0.3, -0.25) is 9.59 Å². The van der Waals surface area contributed by atoms with E-state index >= 15 is 0 Å². The number of benzene rings is 2. The topological polar surface area (TPSA) is 175 Å². The fraction of sp³-hybridized carbons (Fsp3) is 0.462. The SMILES string of the molecule is O=C(CNS(=O)(=O)c1ccccc1)NCCCNCCCCNCCCNC(=O)CNS(=O)(=O)c1ccccc1. The van der Waals surface area contributed by atoms with Gasteiger partial charge in [0.05, 0.1) is 22.9 Å². The van der Waals surface area contributed by atoms with Crippen LogP contribution in [-0.2, 0) is 29.6 Å². The van der Waals surface area contributed by atoms with Crippen molar-refractivity contribution in [1.29, 1.82) is 0 Å².